The molecular weight excluding hydrogens is 186 g/mol. The third-order valence-corrected chi connectivity index (χ3v) is 2.76. The first-order valence-electron chi connectivity index (χ1n) is 5.28. The van der Waals surface area contributed by atoms with Crippen LogP contribution in [-0.2, 0) is 13.5 Å². The molecule has 15 heavy (non-hydrogen) atoms. The molecule has 0 fully saturated rings. The lowest BCUT2D eigenvalue weighted by atomic mass is 9.85. The van der Waals surface area contributed by atoms with E-state index in [1.165, 1.54) is 5.69 Å². The average Bonchev–Trinajstić information content (AvgIpc) is 2.45. The maximum Gasteiger partial charge on any atom is 0.0596 e. The minimum absolute atomic E-state index is 0.0922. The Hall–Kier alpha value is -1.09. The van der Waals surface area contributed by atoms with Gasteiger partial charge >= 0.3 is 0 Å². The zero-order valence-electron chi connectivity index (χ0n) is 10.2. The van der Waals surface area contributed by atoms with Gasteiger partial charge in [0.2, 0.25) is 0 Å². The summed E-state index contributed by atoms with van der Waals surface area (Å²) in [6.07, 6.45) is 2.99. The Morgan fingerprint density at radius 3 is 2.73 bits per heavy atom. The molecule has 3 nitrogen and oxygen atoms in total. The van der Waals surface area contributed by atoms with Gasteiger partial charge < -0.3 is 5.32 Å². The molecule has 1 rings (SSSR count). The van der Waals surface area contributed by atoms with Crippen LogP contribution in [0.25, 0.3) is 0 Å². The summed E-state index contributed by atoms with van der Waals surface area (Å²) in [5, 5.41) is 7.56. The predicted molar refractivity (Wildman–Crippen MR) is 63.9 cm³/mol. The highest BCUT2D eigenvalue weighted by Crippen LogP contribution is 2.23. The summed E-state index contributed by atoms with van der Waals surface area (Å²) >= 11 is 0. The molecule has 0 aliphatic rings. The summed E-state index contributed by atoms with van der Waals surface area (Å²) in [5.41, 5.74) is 2.42. The van der Waals surface area contributed by atoms with E-state index in [1.54, 1.807) is 0 Å². The molecule has 0 aliphatic heterocycles. The van der Waals surface area contributed by atoms with Crippen molar-refractivity contribution in [2.75, 3.05) is 13.6 Å². The summed E-state index contributed by atoms with van der Waals surface area (Å²) in [6.45, 7) is 9.07. The van der Waals surface area contributed by atoms with Gasteiger partial charge in [-0.1, -0.05) is 13.0 Å². The Bertz CT molecular complexity index is 341. The molecule has 0 spiro atoms. The smallest absolute Gasteiger partial charge is 0.0596 e. The zero-order chi connectivity index (χ0) is 11.5. The molecule has 0 saturated carbocycles. The Labute approximate surface area is 92.2 Å². The van der Waals surface area contributed by atoms with Crippen LogP contribution in [0, 0.1) is 12.3 Å². The van der Waals surface area contributed by atoms with Gasteiger partial charge in [-0.05, 0) is 26.5 Å². The van der Waals surface area contributed by atoms with Gasteiger partial charge in [-0.3, -0.25) is 4.68 Å². The van der Waals surface area contributed by atoms with Crippen LogP contribution in [0.5, 0.6) is 0 Å². The molecule has 0 aromatic carbocycles. The van der Waals surface area contributed by atoms with Crippen LogP contribution in [0.1, 0.15) is 18.3 Å². The minimum Gasteiger partial charge on any atom is -0.319 e. The molecule has 0 radical (unpaired) electrons. The second-order valence-corrected chi connectivity index (χ2v) is 4.47. The van der Waals surface area contributed by atoms with E-state index in [-0.39, 0.29) is 5.41 Å². The summed E-state index contributed by atoms with van der Waals surface area (Å²) in [6, 6.07) is 2.14. The van der Waals surface area contributed by atoms with Crippen LogP contribution in [0.3, 0.4) is 0 Å². The van der Waals surface area contributed by atoms with Gasteiger partial charge in [-0.15, -0.1) is 6.58 Å². The van der Waals surface area contributed by atoms with Gasteiger partial charge in [0.15, 0.2) is 0 Å². The highest BCUT2D eigenvalue weighted by atomic mass is 15.3. The lowest BCUT2D eigenvalue weighted by Gasteiger charge is -2.25. The molecule has 0 bridgehead atoms. The largest absolute Gasteiger partial charge is 0.319 e. The third kappa shape index (κ3) is 2.93. The highest BCUT2D eigenvalue weighted by Gasteiger charge is 2.21. The molecule has 0 aliphatic carbocycles. The fourth-order valence-corrected chi connectivity index (χ4v) is 1.85. The van der Waals surface area contributed by atoms with Crippen molar-refractivity contribution < 1.29 is 0 Å². The molecule has 0 saturated heterocycles. The normalized spacial score (nSPS) is 14.9. The van der Waals surface area contributed by atoms with E-state index in [4.69, 9.17) is 0 Å². The standard InChI is InChI=1S/C12H21N3/c1-6-12(3,9-13-4)8-11-7-10(2)14-15(11)5/h6-7,13H,1,8-9H2,2-5H3. The van der Waals surface area contributed by atoms with E-state index < -0.39 is 0 Å². The van der Waals surface area contributed by atoms with Crippen molar-refractivity contribution in [2.24, 2.45) is 12.5 Å². The number of nitrogens with one attached hydrogen (secondary N) is 1. The number of aryl methyl sites for hydroxylation is 2. The first-order valence-corrected chi connectivity index (χ1v) is 5.28. The van der Waals surface area contributed by atoms with Crippen molar-refractivity contribution in [1.29, 1.82) is 0 Å². The van der Waals surface area contributed by atoms with E-state index in [9.17, 15) is 0 Å². The van der Waals surface area contributed by atoms with Gasteiger partial charge in [0.25, 0.3) is 0 Å². The summed E-state index contributed by atoms with van der Waals surface area (Å²) in [7, 11) is 3.96. The van der Waals surface area contributed by atoms with Gasteiger partial charge in [0.05, 0.1) is 5.69 Å². The van der Waals surface area contributed by atoms with Gasteiger partial charge in [0.1, 0.15) is 0 Å². The number of rotatable bonds is 5. The van der Waals surface area contributed by atoms with Gasteiger partial charge in [-0.2, -0.15) is 5.10 Å². The van der Waals surface area contributed by atoms with Crippen molar-refractivity contribution in [3.63, 3.8) is 0 Å². The van der Waals surface area contributed by atoms with E-state index in [2.05, 4.69) is 30.0 Å². The molecule has 84 valence electrons. The van der Waals surface area contributed by atoms with Crippen molar-refractivity contribution in [3.8, 4) is 0 Å². The van der Waals surface area contributed by atoms with Crippen LogP contribution in [-0.4, -0.2) is 23.4 Å². The van der Waals surface area contributed by atoms with E-state index in [0.29, 0.717) is 0 Å². The fourth-order valence-electron chi connectivity index (χ4n) is 1.85. The number of aromatic nitrogens is 2. The Balaban J connectivity index is 2.83. The fraction of sp³-hybridized carbons (Fsp3) is 0.583. The quantitative estimate of drug-likeness (QED) is 0.745. The molecular formula is C12H21N3. The first kappa shape index (κ1) is 12.0. The van der Waals surface area contributed by atoms with E-state index in [1.807, 2.05) is 31.8 Å². The second-order valence-electron chi connectivity index (χ2n) is 4.47. The molecule has 1 aromatic heterocycles. The minimum atomic E-state index is 0.0922. The molecule has 0 amide bonds. The van der Waals surface area contributed by atoms with E-state index in [0.717, 1.165) is 18.7 Å². The molecule has 3 heteroatoms. The summed E-state index contributed by atoms with van der Waals surface area (Å²) in [5.74, 6) is 0. The van der Waals surface area contributed by atoms with Crippen molar-refractivity contribution in [1.82, 2.24) is 15.1 Å². The maximum atomic E-state index is 4.35. The van der Waals surface area contributed by atoms with Gasteiger partial charge in [-0.25, -0.2) is 0 Å². The predicted octanol–water partition coefficient (Wildman–Crippen LogP) is 1.68. The van der Waals surface area contributed by atoms with Crippen molar-refractivity contribution >= 4 is 0 Å². The third-order valence-electron chi connectivity index (χ3n) is 2.76. The highest BCUT2D eigenvalue weighted by molar-refractivity contribution is 5.13. The Morgan fingerprint density at radius 1 is 1.67 bits per heavy atom. The number of nitrogens with zero attached hydrogens (tertiary/aromatic N) is 2. The summed E-state index contributed by atoms with van der Waals surface area (Å²) < 4.78 is 1.95. The lowest BCUT2D eigenvalue weighted by Crippen LogP contribution is -2.30. The number of hydrogen-bond donors (Lipinski definition) is 1. The van der Waals surface area contributed by atoms with Crippen LogP contribution in [0.4, 0.5) is 0 Å². The van der Waals surface area contributed by atoms with Gasteiger partial charge in [0, 0.05) is 24.7 Å². The molecule has 1 atom stereocenters. The van der Waals surface area contributed by atoms with Crippen LogP contribution in [0.15, 0.2) is 18.7 Å². The maximum absolute atomic E-state index is 4.35. The van der Waals surface area contributed by atoms with Crippen LogP contribution < -0.4 is 5.32 Å². The Morgan fingerprint density at radius 2 is 2.33 bits per heavy atom. The second kappa shape index (κ2) is 4.62. The van der Waals surface area contributed by atoms with Crippen molar-refractivity contribution in [2.45, 2.75) is 20.3 Å². The molecule has 1 unspecified atom stereocenters. The first-order chi connectivity index (χ1) is 7.00. The molecule has 1 N–H and O–H groups in total. The molecule has 1 aromatic rings. The monoisotopic (exact) mass is 207 g/mol. The van der Waals surface area contributed by atoms with Crippen LogP contribution >= 0.6 is 0 Å². The zero-order valence-corrected chi connectivity index (χ0v) is 10.2. The van der Waals surface area contributed by atoms with Crippen molar-refractivity contribution in [3.05, 3.63) is 30.1 Å². The van der Waals surface area contributed by atoms with Crippen LogP contribution in [0.2, 0.25) is 0 Å². The topological polar surface area (TPSA) is 29.9 Å². The molecule has 1 heterocycles. The summed E-state index contributed by atoms with van der Waals surface area (Å²) in [4.78, 5) is 0. The lowest BCUT2D eigenvalue weighted by molar-refractivity contribution is 0.395. The van der Waals surface area contributed by atoms with E-state index >= 15 is 0 Å². The Kier molecular flexibility index (Phi) is 3.69. The average molecular weight is 207 g/mol. The SMILES string of the molecule is C=CC(C)(CNC)Cc1cc(C)nn1C. The number of hydrogen-bond acceptors (Lipinski definition) is 2.